The average Bonchev–Trinajstić information content (AvgIpc) is 2.73. The van der Waals surface area contributed by atoms with Gasteiger partial charge in [0.1, 0.15) is 0 Å². The van der Waals surface area contributed by atoms with Gasteiger partial charge in [-0.1, -0.05) is 52.3 Å². The maximum atomic E-state index is 3.56. The van der Waals surface area contributed by atoms with Gasteiger partial charge in [0, 0.05) is 10.4 Å². The van der Waals surface area contributed by atoms with Crippen molar-refractivity contribution in [3.05, 3.63) is 69.7 Å². The molecule has 0 heterocycles. The summed E-state index contributed by atoms with van der Waals surface area (Å²) in [6, 6.07) is 17.5. The lowest BCUT2D eigenvalue weighted by Gasteiger charge is -2.12. The third-order valence-electron chi connectivity index (χ3n) is 3.39. The molecule has 1 heteroatoms. The minimum Gasteiger partial charge on any atom is -0.0622 e. The summed E-state index contributed by atoms with van der Waals surface area (Å²) in [5, 5.41) is 0. The van der Waals surface area contributed by atoms with Crippen LogP contribution in [0.5, 0.6) is 0 Å². The van der Waals surface area contributed by atoms with Crippen LogP contribution in [-0.2, 0) is 6.42 Å². The number of rotatable bonds is 1. The van der Waals surface area contributed by atoms with Crippen molar-refractivity contribution in [1.82, 2.24) is 0 Å². The lowest BCUT2D eigenvalue weighted by atomic mass is 9.93. The zero-order chi connectivity index (χ0) is 11.0. The van der Waals surface area contributed by atoms with Gasteiger partial charge in [-0.3, -0.25) is 0 Å². The molecule has 16 heavy (non-hydrogen) atoms. The maximum absolute atomic E-state index is 3.56. The lowest BCUT2D eigenvalue weighted by molar-refractivity contribution is 0.788. The van der Waals surface area contributed by atoms with Gasteiger partial charge in [0.05, 0.1) is 0 Å². The van der Waals surface area contributed by atoms with E-state index in [1.54, 1.807) is 0 Å². The van der Waals surface area contributed by atoms with Crippen LogP contribution in [0.1, 0.15) is 29.0 Å². The first-order valence-electron chi connectivity index (χ1n) is 5.68. The molecule has 1 aliphatic carbocycles. The Morgan fingerprint density at radius 2 is 1.81 bits per heavy atom. The predicted molar refractivity (Wildman–Crippen MR) is 70.7 cm³/mol. The number of benzene rings is 2. The molecule has 0 radical (unpaired) electrons. The summed E-state index contributed by atoms with van der Waals surface area (Å²) < 4.78 is 1.19. The van der Waals surface area contributed by atoms with Gasteiger partial charge in [-0.2, -0.15) is 0 Å². The quantitative estimate of drug-likeness (QED) is 0.716. The largest absolute Gasteiger partial charge is 0.0622 e. The molecule has 0 aromatic heterocycles. The van der Waals surface area contributed by atoms with Gasteiger partial charge < -0.3 is 0 Å². The monoisotopic (exact) mass is 272 g/mol. The molecule has 0 nitrogen and oxygen atoms in total. The second kappa shape index (κ2) is 4.06. The number of hydrogen-bond acceptors (Lipinski definition) is 0. The second-order valence-corrected chi connectivity index (χ2v) is 5.26. The van der Waals surface area contributed by atoms with Crippen molar-refractivity contribution in [3.63, 3.8) is 0 Å². The van der Waals surface area contributed by atoms with Crippen molar-refractivity contribution in [3.8, 4) is 0 Å². The van der Waals surface area contributed by atoms with Crippen LogP contribution in [0.4, 0.5) is 0 Å². The Bertz CT molecular complexity index is 502. The molecule has 2 aromatic rings. The Labute approximate surface area is 104 Å². The summed E-state index contributed by atoms with van der Waals surface area (Å²) in [4.78, 5) is 0. The summed E-state index contributed by atoms with van der Waals surface area (Å²) >= 11 is 3.56. The fraction of sp³-hybridized carbons (Fsp3) is 0.200. The normalized spacial score (nSPS) is 18.4. The number of hydrogen-bond donors (Lipinski definition) is 0. The maximum Gasteiger partial charge on any atom is 0.0178 e. The molecule has 2 aromatic carbocycles. The summed E-state index contributed by atoms with van der Waals surface area (Å²) in [5.74, 6) is 0.591. The highest BCUT2D eigenvalue weighted by Crippen LogP contribution is 2.39. The Balaban J connectivity index is 2.06. The van der Waals surface area contributed by atoms with E-state index in [1.807, 2.05) is 0 Å². The van der Waals surface area contributed by atoms with Gasteiger partial charge >= 0.3 is 0 Å². The topological polar surface area (TPSA) is 0 Å². The minimum atomic E-state index is 0.591. The van der Waals surface area contributed by atoms with Crippen LogP contribution in [0.25, 0.3) is 0 Å². The molecule has 1 unspecified atom stereocenters. The van der Waals surface area contributed by atoms with Gasteiger partial charge in [-0.25, -0.2) is 0 Å². The lowest BCUT2D eigenvalue weighted by Crippen LogP contribution is -1.95. The Morgan fingerprint density at radius 3 is 2.62 bits per heavy atom. The molecule has 0 fully saturated rings. The van der Waals surface area contributed by atoms with Crippen LogP contribution in [0.15, 0.2) is 53.0 Å². The summed E-state index contributed by atoms with van der Waals surface area (Å²) in [5.41, 5.74) is 4.46. The fourth-order valence-electron chi connectivity index (χ4n) is 2.60. The van der Waals surface area contributed by atoms with E-state index in [-0.39, 0.29) is 0 Å². The zero-order valence-electron chi connectivity index (χ0n) is 8.99. The molecule has 0 amide bonds. The molecular formula is C15H13Br. The van der Waals surface area contributed by atoms with Crippen molar-refractivity contribution in [1.29, 1.82) is 0 Å². The van der Waals surface area contributed by atoms with Crippen molar-refractivity contribution >= 4 is 15.9 Å². The van der Waals surface area contributed by atoms with E-state index in [0.29, 0.717) is 5.92 Å². The van der Waals surface area contributed by atoms with Crippen LogP contribution in [0.3, 0.4) is 0 Å². The Kier molecular flexibility index (Phi) is 2.56. The van der Waals surface area contributed by atoms with E-state index in [0.717, 1.165) is 0 Å². The molecule has 0 spiro atoms. The molecule has 0 saturated heterocycles. The van der Waals surface area contributed by atoms with E-state index < -0.39 is 0 Å². The molecule has 0 aliphatic heterocycles. The SMILES string of the molecule is Brc1ccc2c(c1)C(c1ccccc1)CC2. The van der Waals surface area contributed by atoms with E-state index >= 15 is 0 Å². The van der Waals surface area contributed by atoms with Crippen LogP contribution < -0.4 is 0 Å². The van der Waals surface area contributed by atoms with Crippen molar-refractivity contribution in [2.24, 2.45) is 0 Å². The molecular weight excluding hydrogens is 260 g/mol. The van der Waals surface area contributed by atoms with E-state index in [1.165, 1.54) is 34.0 Å². The summed E-state index contributed by atoms with van der Waals surface area (Å²) in [6.45, 7) is 0. The molecule has 0 bridgehead atoms. The zero-order valence-corrected chi connectivity index (χ0v) is 10.6. The second-order valence-electron chi connectivity index (χ2n) is 4.35. The minimum absolute atomic E-state index is 0.591. The first kappa shape index (κ1) is 10.1. The van der Waals surface area contributed by atoms with Gasteiger partial charge in [-0.15, -0.1) is 0 Å². The standard InChI is InChI=1S/C15H13Br/c16-13-8-6-12-7-9-14(15(12)10-13)11-4-2-1-3-5-11/h1-6,8,10,14H,7,9H2. The highest BCUT2D eigenvalue weighted by Gasteiger charge is 2.23. The third kappa shape index (κ3) is 1.69. The van der Waals surface area contributed by atoms with Crippen molar-refractivity contribution < 1.29 is 0 Å². The molecule has 0 N–H and O–H groups in total. The van der Waals surface area contributed by atoms with Gasteiger partial charge in [0.15, 0.2) is 0 Å². The third-order valence-corrected chi connectivity index (χ3v) is 3.88. The first-order chi connectivity index (χ1) is 7.84. The highest BCUT2D eigenvalue weighted by atomic mass is 79.9. The molecule has 0 saturated carbocycles. The van der Waals surface area contributed by atoms with E-state index in [2.05, 4.69) is 64.5 Å². The Morgan fingerprint density at radius 1 is 1.00 bits per heavy atom. The van der Waals surface area contributed by atoms with Crippen LogP contribution in [0.2, 0.25) is 0 Å². The number of fused-ring (bicyclic) bond motifs is 1. The molecule has 3 rings (SSSR count). The first-order valence-corrected chi connectivity index (χ1v) is 6.47. The van der Waals surface area contributed by atoms with Crippen LogP contribution in [-0.4, -0.2) is 0 Å². The van der Waals surface area contributed by atoms with Crippen molar-refractivity contribution in [2.75, 3.05) is 0 Å². The highest BCUT2D eigenvalue weighted by molar-refractivity contribution is 9.10. The van der Waals surface area contributed by atoms with E-state index in [4.69, 9.17) is 0 Å². The molecule has 1 atom stereocenters. The van der Waals surface area contributed by atoms with Crippen LogP contribution >= 0.6 is 15.9 Å². The van der Waals surface area contributed by atoms with Gasteiger partial charge in [0.25, 0.3) is 0 Å². The summed E-state index contributed by atoms with van der Waals surface area (Å²) in [6.07, 6.45) is 2.46. The smallest absolute Gasteiger partial charge is 0.0178 e. The number of aryl methyl sites for hydroxylation is 1. The van der Waals surface area contributed by atoms with Gasteiger partial charge in [-0.05, 0) is 41.7 Å². The summed E-state index contributed by atoms with van der Waals surface area (Å²) in [7, 11) is 0. The molecule has 80 valence electrons. The van der Waals surface area contributed by atoms with Crippen LogP contribution in [0, 0.1) is 0 Å². The number of halogens is 1. The van der Waals surface area contributed by atoms with Crippen molar-refractivity contribution in [2.45, 2.75) is 18.8 Å². The average molecular weight is 273 g/mol. The fourth-order valence-corrected chi connectivity index (χ4v) is 2.98. The Hall–Kier alpha value is -1.08. The van der Waals surface area contributed by atoms with Gasteiger partial charge in [0.2, 0.25) is 0 Å². The molecule has 1 aliphatic rings. The van der Waals surface area contributed by atoms with E-state index in [9.17, 15) is 0 Å². The predicted octanol–water partition coefficient (Wildman–Crippen LogP) is 4.53.